The molecule has 2 bridgehead atoms. The van der Waals surface area contributed by atoms with Crippen molar-refractivity contribution in [2.45, 2.75) is 24.9 Å². The van der Waals surface area contributed by atoms with Gasteiger partial charge in [-0.3, -0.25) is 0 Å². The first-order chi connectivity index (χ1) is 12.6. The van der Waals surface area contributed by atoms with Gasteiger partial charge in [0.15, 0.2) is 23.0 Å². The van der Waals surface area contributed by atoms with Crippen molar-refractivity contribution >= 4 is 0 Å². The Kier molecular flexibility index (Phi) is 4.19. The normalized spacial score (nSPS) is 22.9. The molecule has 138 valence electrons. The number of rotatable bonds is 4. The van der Waals surface area contributed by atoms with E-state index in [2.05, 4.69) is 31.3 Å². The Morgan fingerprint density at radius 2 is 1.00 bits per heavy atom. The van der Waals surface area contributed by atoms with Crippen LogP contribution in [0.3, 0.4) is 0 Å². The fourth-order valence-corrected chi connectivity index (χ4v) is 4.59. The third-order valence-electron chi connectivity index (χ3n) is 5.99. The van der Waals surface area contributed by atoms with E-state index in [-0.39, 0.29) is 0 Å². The van der Waals surface area contributed by atoms with Crippen molar-refractivity contribution in [3.63, 3.8) is 0 Å². The van der Waals surface area contributed by atoms with Gasteiger partial charge in [0.05, 0.1) is 35.5 Å². The van der Waals surface area contributed by atoms with Crippen LogP contribution in [0.4, 0.5) is 0 Å². The molecule has 0 saturated carbocycles. The van der Waals surface area contributed by atoms with E-state index in [1.54, 1.807) is 28.4 Å². The van der Waals surface area contributed by atoms with Crippen molar-refractivity contribution in [3.05, 3.63) is 46.5 Å². The molecule has 0 fully saturated rings. The highest BCUT2D eigenvalue weighted by atomic mass is 16.5. The van der Waals surface area contributed by atoms with Crippen LogP contribution in [0.5, 0.6) is 23.0 Å². The monoisotopic (exact) mass is 356 g/mol. The van der Waals surface area contributed by atoms with Gasteiger partial charge >= 0.3 is 0 Å². The standard InChI is InChI=1S/C21H25NO4/c1-22-16-6-12-8-18(23-2)20(25-4)10-14(12)17(22)7-13-9-19(24-3)21(26-5)11-15(13)16/h8-11,16-17H,6-7H2,1-5H3/p+1/t16-,17-/m1/s1. The first-order valence-electron chi connectivity index (χ1n) is 8.94. The van der Waals surface area contributed by atoms with Crippen LogP contribution in [0.2, 0.25) is 0 Å². The number of fused-ring (bicyclic) bond motifs is 6. The summed E-state index contributed by atoms with van der Waals surface area (Å²) in [5.41, 5.74) is 5.42. The molecule has 2 aromatic carbocycles. The molecular formula is C21H26NO4+. The molecule has 2 heterocycles. The molecule has 2 atom stereocenters. The average molecular weight is 356 g/mol. The second-order valence-electron chi connectivity index (χ2n) is 7.07. The molecule has 0 aromatic heterocycles. The minimum absolute atomic E-state index is 0.397. The Balaban J connectivity index is 1.84. The second kappa shape index (κ2) is 6.40. The highest BCUT2D eigenvalue weighted by Gasteiger charge is 2.43. The summed E-state index contributed by atoms with van der Waals surface area (Å²) in [6.07, 6.45) is 1.95. The van der Waals surface area contributed by atoms with Crippen LogP contribution in [0.15, 0.2) is 24.3 Å². The minimum Gasteiger partial charge on any atom is -0.493 e. The topological polar surface area (TPSA) is 41.4 Å². The van der Waals surface area contributed by atoms with Gasteiger partial charge in [-0.05, 0) is 35.4 Å². The van der Waals surface area contributed by atoms with Crippen LogP contribution in [-0.4, -0.2) is 35.5 Å². The summed E-state index contributed by atoms with van der Waals surface area (Å²) < 4.78 is 22.1. The molecule has 0 spiro atoms. The highest BCUT2D eigenvalue weighted by Crippen LogP contribution is 2.43. The maximum absolute atomic E-state index is 5.54. The van der Waals surface area contributed by atoms with E-state index in [1.807, 2.05) is 0 Å². The third-order valence-corrected chi connectivity index (χ3v) is 5.99. The van der Waals surface area contributed by atoms with E-state index in [0.29, 0.717) is 12.1 Å². The van der Waals surface area contributed by atoms with E-state index < -0.39 is 0 Å². The number of likely N-dealkylation sites (N-methyl/N-ethyl adjacent to an activating group) is 1. The van der Waals surface area contributed by atoms with Crippen LogP contribution in [-0.2, 0) is 12.8 Å². The zero-order valence-electron chi connectivity index (χ0n) is 16.0. The van der Waals surface area contributed by atoms with Crippen molar-refractivity contribution in [1.29, 1.82) is 0 Å². The Labute approximate surface area is 154 Å². The van der Waals surface area contributed by atoms with Gasteiger partial charge in [0.2, 0.25) is 0 Å². The van der Waals surface area contributed by atoms with Crippen LogP contribution >= 0.6 is 0 Å². The van der Waals surface area contributed by atoms with Crippen LogP contribution in [0.25, 0.3) is 0 Å². The summed E-state index contributed by atoms with van der Waals surface area (Å²) in [7, 11) is 9.06. The number of benzene rings is 2. The number of nitrogens with one attached hydrogen (secondary N) is 1. The van der Waals surface area contributed by atoms with E-state index in [0.717, 1.165) is 35.8 Å². The quantitative estimate of drug-likeness (QED) is 0.911. The summed E-state index contributed by atoms with van der Waals surface area (Å²) in [5, 5.41) is 0. The second-order valence-corrected chi connectivity index (χ2v) is 7.07. The highest BCUT2D eigenvalue weighted by molar-refractivity contribution is 5.54. The Morgan fingerprint density at radius 3 is 1.35 bits per heavy atom. The minimum atomic E-state index is 0.397. The van der Waals surface area contributed by atoms with Gasteiger partial charge < -0.3 is 23.8 Å². The molecule has 26 heavy (non-hydrogen) atoms. The van der Waals surface area contributed by atoms with Crippen molar-refractivity contribution < 1.29 is 23.8 Å². The van der Waals surface area contributed by atoms with Gasteiger partial charge in [0, 0.05) is 24.0 Å². The van der Waals surface area contributed by atoms with E-state index in [4.69, 9.17) is 18.9 Å². The molecular weight excluding hydrogens is 330 g/mol. The number of methoxy groups -OCH3 is 4. The zero-order chi connectivity index (χ0) is 18.4. The van der Waals surface area contributed by atoms with Gasteiger partial charge in [0.1, 0.15) is 12.1 Å². The lowest BCUT2D eigenvalue weighted by molar-refractivity contribution is -0.948. The van der Waals surface area contributed by atoms with Gasteiger partial charge in [-0.1, -0.05) is 0 Å². The zero-order valence-corrected chi connectivity index (χ0v) is 16.0. The first kappa shape index (κ1) is 17.0. The Hall–Kier alpha value is -2.40. The largest absolute Gasteiger partial charge is 0.493 e. The summed E-state index contributed by atoms with van der Waals surface area (Å²) >= 11 is 0. The van der Waals surface area contributed by atoms with Crippen molar-refractivity contribution in [3.8, 4) is 23.0 Å². The summed E-state index contributed by atoms with van der Waals surface area (Å²) in [5.74, 6) is 3.21. The lowest BCUT2D eigenvalue weighted by Crippen LogP contribution is -3.11. The van der Waals surface area contributed by atoms with E-state index in [9.17, 15) is 0 Å². The molecule has 0 aliphatic carbocycles. The van der Waals surface area contributed by atoms with Crippen LogP contribution < -0.4 is 23.8 Å². The maximum atomic E-state index is 5.54. The number of ether oxygens (including phenoxy) is 4. The first-order valence-corrected chi connectivity index (χ1v) is 8.94. The summed E-state index contributed by atoms with van der Waals surface area (Å²) in [4.78, 5) is 1.52. The average Bonchev–Trinajstić information content (AvgIpc) is 2.67. The Bertz CT molecular complexity index is 779. The fraction of sp³-hybridized carbons (Fsp3) is 0.429. The molecule has 0 amide bonds. The molecule has 0 radical (unpaired) electrons. The molecule has 0 saturated heterocycles. The molecule has 2 aliphatic heterocycles. The van der Waals surface area contributed by atoms with Crippen LogP contribution in [0.1, 0.15) is 34.3 Å². The molecule has 2 aliphatic rings. The summed E-state index contributed by atoms with van der Waals surface area (Å²) in [6, 6.07) is 9.40. The summed E-state index contributed by atoms with van der Waals surface area (Å²) in [6.45, 7) is 0. The Morgan fingerprint density at radius 1 is 0.654 bits per heavy atom. The predicted molar refractivity (Wildman–Crippen MR) is 98.9 cm³/mol. The SMILES string of the molecule is COc1cc2c(cc1OC)[C@H]1Cc3cc(OC)c(OC)cc3[C@@H](C2)[NH+]1C. The van der Waals surface area contributed by atoms with Gasteiger partial charge in [-0.15, -0.1) is 0 Å². The third kappa shape index (κ3) is 2.42. The maximum Gasteiger partial charge on any atom is 0.161 e. The number of hydrogen-bond donors (Lipinski definition) is 1. The van der Waals surface area contributed by atoms with Gasteiger partial charge in [-0.2, -0.15) is 0 Å². The van der Waals surface area contributed by atoms with Gasteiger partial charge in [0.25, 0.3) is 0 Å². The molecule has 5 heteroatoms. The molecule has 4 rings (SSSR count). The van der Waals surface area contributed by atoms with Crippen molar-refractivity contribution in [1.82, 2.24) is 0 Å². The molecule has 0 unspecified atom stereocenters. The molecule has 1 N–H and O–H groups in total. The van der Waals surface area contributed by atoms with Crippen molar-refractivity contribution in [2.75, 3.05) is 35.5 Å². The predicted octanol–water partition coefficient (Wildman–Crippen LogP) is 2.13. The number of quaternary nitrogens is 1. The van der Waals surface area contributed by atoms with E-state index in [1.165, 1.54) is 27.2 Å². The fourth-order valence-electron chi connectivity index (χ4n) is 4.59. The lowest BCUT2D eigenvalue weighted by Gasteiger charge is -2.43. The smallest absolute Gasteiger partial charge is 0.161 e. The lowest BCUT2D eigenvalue weighted by atomic mass is 9.76. The van der Waals surface area contributed by atoms with Crippen molar-refractivity contribution in [2.24, 2.45) is 0 Å². The van der Waals surface area contributed by atoms with E-state index >= 15 is 0 Å². The molecule has 2 aromatic rings. The number of hydrogen-bond acceptors (Lipinski definition) is 4. The molecule has 5 nitrogen and oxygen atoms in total. The van der Waals surface area contributed by atoms with Crippen LogP contribution in [0, 0.1) is 0 Å². The van der Waals surface area contributed by atoms with Gasteiger partial charge in [-0.25, -0.2) is 0 Å².